The van der Waals surface area contributed by atoms with Crippen LogP contribution >= 0.6 is 0 Å². The summed E-state index contributed by atoms with van der Waals surface area (Å²) >= 11 is 0. The van der Waals surface area contributed by atoms with Crippen LogP contribution < -0.4 is 5.32 Å². The number of piperidine rings is 1. The van der Waals surface area contributed by atoms with Gasteiger partial charge in [0.2, 0.25) is 15.9 Å². The van der Waals surface area contributed by atoms with E-state index in [0.29, 0.717) is 30.8 Å². The molecule has 0 radical (unpaired) electrons. The van der Waals surface area contributed by atoms with Crippen molar-refractivity contribution in [3.63, 3.8) is 0 Å². The third kappa shape index (κ3) is 4.57. The number of fused-ring (bicyclic) bond motifs is 1. The van der Waals surface area contributed by atoms with E-state index in [0.717, 1.165) is 21.9 Å². The average molecular weight is 451 g/mol. The van der Waals surface area contributed by atoms with Crippen LogP contribution in [0, 0.1) is 19.8 Å². The monoisotopic (exact) mass is 450 g/mol. The van der Waals surface area contributed by atoms with Gasteiger partial charge in [-0.25, -0.2) is 8.42 Å². The summed E-state index contributed by atoms with van der Waals surface area (Å²) in [6.07, 6.45) is 1.05. The van der Waals surface area contributed by atoms with Crippen LogP contribution in [-0.2, 0) is 14.8 Å². The van der Waals surface area contributed by atoms with Crippen molar-refractivity contribution in [1.82, 2.24) is 9.62 Å². The first-order chi connectivity index (χ1) is 15.3. The van der Waals surface area contributed by atoms with Crippen molar-refractivity contribution < 1.29 is 13.2 Å². The van der Waals surface area contributed by atoms with Gasteiger partial charge in [-0.1, -0.05) is 54.1 Å². The molecule has 1 atom stereocenters. The van der Waals surface area contributed by atoms with Crippen molar-refractivity contribution in [3.8, 4) is 0 Å². The second kappa shape index (κ2) is 9.04. The van der Waals surface area contributed by atoms with Gasteiger partial charge in [-0.05, 0) is 67.6 Å². The molecular formula is C26H30N2O3S. The molecule has 1 heterocycles. The van der Waals surface area contributed by atoms with Gasteiger partial charge in [0.1, 0.15) is 0 Å². The lowest BCUT2D eigenvalue weighted by Gasteiger charge is -2.31. The number of hydrogen-bond donors (Lipinski definition) is 1. The molecule has 1 fully saturated rings. The predicted octanol–water partition coefficient (Wildman–Crippen LogP) is 4.73. The molecule has 1 unspecified atom stereocenters. The first kappa shape index (κ1) is 22.5. The molecule has 1 aliphatic heterocycles. The van der Waals surface area contributed by atoms with Gasteiger partial charge < -0.3 is 5.32 Å². The number of aryl methyl sites for hydroxylation is 2. The van der Waals surface area contributed by atoms with E-state index in [4.69, 9.17) is 0 Å². The summed E-state index contributed by atoms with van der Waals surface area (Å²) < 4.78 is 27.8. The highest BCUT2D eigenvalue weighted by Crippen LogP contribution is 2.27. The number of amides is 1. The largest absolute Gasteiger partial charge is 0.349 e. The number of carbonyl (C=O) groups excluding carboxylic acids is 1. The number of nitrogens with one attached hydrogen (secondary N) is 1. The Balaban J connectivity index is 1.40. The molecule has 4 rings (SSSR count). The Morgan fingerprint density at radius 1 is 0.969 bits per heavy atom. The van der Waals surface area contributed by atoms with Gasteiger partial charge >= 0.3 is 0 Å². The molecule has 5 nitrogen and oxygen atoms in total. The van der Waals surface area contributed by atoms with Crippen molar-refractivity contribution in [2.45, 2.75) is 44.6 Å². The number of sulfonamides is 1. The SMILES string of the molecule is Cc1ccc(C)c(C(C)NC(=O)C2CCN(S(=O)(=O)c3ccc4ccccc4c3)CC2)c1. The molecule has 0 aromatic heterocycles. The van der Waals surface area contributed by atoms with Gasteiger partial charge in [-0.15, -0.1) is 0 Å². The molecule has 1 saturated heterocycles. The lowest BCUT2D eigenvalue weighted by atomic mass is 9.95. The molecule has 168 valence electrons. The fraction of sp³-hybridized carbons (Fsp3) is 0.346. The summed E-state index contributed by atoms with van der Waals surface area (Å²) in [5.41, 5.74) is 3.44. The third-order valence-electron chi connectivity index (χ3n) is 6.44. The summed E-state index contributed by atoms with van der Waals surface area (Å²) in [4.78, 5) is 13.2. The van der Waals surface area contributed by atoms with E-state index in [9.17, 15) is 13.2 Å². The number of carbonyl (C=O) groups is 1. The van der Waals surface area contributed by atoms with Crippen LogP contribution in [0.15, 0.2) is 65.6 Å². The van der Waals surface area contributed by atoms with Gasteiger partial charge in [0.25, 0.3) is 0 Å². The first-order valence-electron chi connectivity index (χ1n) is 11.1. The molecule has 3 aromatic carbocycles. The summed E-state index contributed by atoms with van der Waals surface area (Å²) in [5.74, 6) is -0.174. The predicted molar refractivity (Wildman–Crippen MR) is 128 cm³/mol. The fourth-order valence-corrected chi connectivity index (χ4v) is 5.98. The minimum Gasteiger partial charge on any atom is -0.349 e. The third-order valence-corrected chi connectivity index (χ3v) is 8.34. The molecule has 32 heavy (non-hydrogen) atoms. The van der Waals surface area contributed by atoms with Crippen LogP contribution in [0.5, 0.6) is 0 Å². The zero-order chi connectivity index (χ0) is 22.9. The van der Waals surface area contributed by atoms with E-state index in [1.807, 2.05) is 51.1 Å². The molecule has 3 aromatic rings. The lowest BCUT2D eigenvalue weighted by molar-refractivity contribution is -0.126. The minimum absolute atomic E-state index is 0.00107. The Kier molecular flexibility index (Phi) is 6.35. The molecule has 1 aliphatic rings. The maximum atomic E-state index is 13.2. The van der Waals surface area contributed by atoms with Crippen molar-refractivity contribution in [2.24, 2.45) is 5.92 Å². The van der Waals surface area contributed by atoms with Crippen molar-refractivity contribution in [3.05, 3.63) is 77.4 Å². The Labute approximate surface area is 190 Å². The van der Waals surface area contributed by atoms with E-state index in [1.54, 1.807) is 12.1 Å². The molecule has 1 N–H and O–H groups in total. The molecule has 0 bridgehead atoms. The topological polar surface area (TPSA) is 66.5 Å². The summed E-state index contributed by atoms with van der Waals surface area (Å²) in [5, 5.41) is 5.05. The van der Waals surface area contributed by atoms with Gasteiger partial charge in [0.05, 0.1) is 10.9 Å². The van der Waals surface area contributed by atoms with Crippen LogP contribution in [0.3, 0.4) is 0 Å². The van der Waals surface area contributed by atoms with Crippen molar-refractivity contribution in [1.29, 1.82) is 0 Å². The van der Waals surface area contributed by atoms with E-state index in [1.165, 1.54) is 9.87 Å². The Morgan fingerprint density at radius 3 is 2.38 bits per heavy atom. The quantitative estimate of drug-likeness (QED) is 0.611. The Morgan fingerprint density at radius 2 is 1.66 bits per heavy atom. The molecule has 0 spiro atoms. The summed E-state index contributed by atoms with van der Waals surface area (Å²) in [6, 6.07) is 19.1. The number of rotatable bonds is 5. The molecule has 1 amide bonds. The second-order valence-electron chi connectivity index (χ2n) is 8.78. The standard InChI is InChI=1S/C26H30N2O3S/c1-18-8-9-19(2)25(16-18)20(3)27-26(29)22-12-14-28(15-13-22)32(30,31)24-11-10-21-6-4-5-7-23(21)17-24/h4-11,16-17,20,22H,12-15H2,1-3H3,(H,27,29). The van der Waals surface area contributed by atoms with Crippen LogP contribution in [0.25, 0.3) is 10.8 Å². The average Bonchev–Trinajstić information content (AvgIpc) is 2.80. The van der Waals surface area contributed by atoms with Gasteiger partial charge in [0.15, 0.2) is 0 Å². The minimum atomic E-state index is -3.58. The fourth-order valence-electron chi connectivity index (χ4n) is 4.47. The molecule has 6 heteroatoms. The highest BCUT2D eigenvalue weighted by atomic mass is 32.2. The number of benzene rings is 3. The zero-order valence-electron chi connectivity index (χ0n) is 18.8. The number of hydrogen-bond acceptors (Lipinski definition) is 3. The van der Waals surface area contributed by atoms with Gasteiger partial charge in [-0.3, -0.25) is 4.79 Å². The lowest BCUT2D eigenvalue weighted by Crippen LogP contribution is -2.43. The van der Waals surface area contributed by atoms with Crippen LogP contribution in [0.2, 0.25) is 0 Å². The second-order valence-corrected chi connectivity index (χ2v) is 10.7. The smallest absolute Gasteiger partial charge is 0.243 e. The van der Waals surface area contributed by atoms with E-state index in [2.05, 4.69) is 23.5 Å². The van der Waals surface area contributed by atoms with Crippen LogP contribution in [0.1, 0.15) is 42.5 Å². The van der Waals surface area contributed by atoms with Crippen LogP contribution in [0.4, 0.5) is 0 Å². The number of nitrogens with zero attached hydrogens (tertiary/aromatic N) is 1. The highest BCUT2D eigenvalue weighted by Gasteiger charge is 2.32. The Hall–Kier alpha value is -2.70. The zero-order valence-corrected chi connectivity index (χ0v) is 19.7. The van der Waals surface area contributed by atoms with E-state index < -0.39 is 10.0 Å². The summed E-state index contributed by atoms with van der Waals surface area (Å²) in [6.45, 7) is 6.80. The van der Waals surface area contributed by atoms with E-state index in [-0.39, 0.29) is 17.9 Å². The summed E-state index contributed by atoms with van der Waals surface area (Å²) in [7, 11) is -3.58. The molecule has 0 saturated carbocycles. The first-order valence-corrected chi connectivity index (χ1v) is 12.6. The molecule has 0 aliphatic carbocycles. The maximum Gasteiger partial charge on any atom is 0.243 e. The Bertz CT molecular complexity index is 1240. The van der Waals surface area contributed by atoms with Crippen molar-refractivity contribution in [2.75, 3.05) is 13.1 Å². The van der Waals surface area contributed by atoms with Crippen LogP contribution in [-0.4, -0.2) is 31.7 Å². The normalized spacial score (nSPS) is 16.7. The maximum absolute atomic E-state index is 13.2. The van der Waals surface area contributed by atoms with Crippen molar-refractivity contribution >= 4 is 26.7 Å². The van der Waals surface area contributed by atoms with Gasteiger partial charge in [0, 0.05) is 19.0 Å². The van der Waals surface area contributed by atoms with E-state index >= 15 is 0 Å². The highest BCUT2D eigenvalue weighted by molar-refractivity contribution is 7.89. The van der Waals surface area contributed by atoms with Gasteiger partial charge in [-0.2, -0.15) is 4.31 Å². The molecular weight excluding hydrogens is 420 g/mol.